The van der Waals surface area contributed by atoms with Gasteiger partial charge in [0.1, 0.15) is 5.82 Å². The minimum absolute atomic E-state index is 0.0990. The average molecular weight is 376 g/mol. The molecule has 0 saturated heterocycles. The average Bonchev–Trinajstić information content (AvgIpc) is 2.76. The van der Waals surface area contributed by atoms with Crippen LogP contribution in [0.15, 0.2) is 48.5 Å². The van der Waals surface area contributed by atoms with Crippen molar-refractivity contribution in [2.75, 3.05) is 0 Å². The van der Waals surface area contributed by atoms with Crippen LogP contribution in [0.3, 0.4) is 0 Å². The normalized spacial score (nSPS) is 10.9. The molecule has 1 heterocycles. The van der Waals surface area contributed by atoms with Gasteiger partial charge in [0.25, 0.3) is 0 Å². The highest BCUT2D eigenvalue weighted by Gasteiger charge is 2.13. The molecular weight excluding hydrogens is 363 g/mol. The quantitative estimate of drug-likeness (QED) is 0.517. The van der Waals surface area contributed by atoms with Crippen LogP contribution in [0, 0.1) is 3.57 Å². The first kappa shape index (κ1) is 13.3. The third kappa shape index (κ3) is 2.47. The number of aromatic nitrogens is 2. The molecular formula is C16H13IN2O. The first-order valence-electron chi connectivity index (χ1n) is 6.34. The van der Waals surface area contributed by atoms with Gasteiger partial charge in [-0.3, -0.25) is 4.79 Å². The Kier molecular flexibility index (Phi) is 3.56. The van der Waals surface area contributed by atoms with Gasteiger partial charge in [-0.05, 0) is 46.9 Å². The fourth-order valence-electron chi connectivity index (χ4n) is 2.26. The molecule has 4 heteroatoms. The zero-order valence-electron chi connectivity index (χ0n) is 11.0. The number of halogens is 1. The third-order valence-electron chi connectivity index (χ3n) is 3.35. The lowest BCUT2D eigenvalue weighted by Gasteiger charge is -2.03. The highest BCUT2D eigenvalue weighted by atomic mass is 127. The smallest absolute Gasteiger partial charge is 0.170 e. The molecule has 0 fully saturated rings. The second kappa shape index (κ2) is 5.36. The van der Waals surface area contributed by atoms with Gasteiger partial charge in [0, 0.05) is 16.2 Å². The molecule has 0 unspecified atom stereocenters. The van der Waals surface area contributed by atoms with Crippen LogP contribution in [0.1, 0.15) is 16.2 Å². The largest absolute Gasteiger partial charge is 0.331 e. The Balaban J connectivity index is 1.93. The molecule has 1 aromatic heterocycles. The van der Waals surface area contributed by atoms with E-state index in [0.29, 0.717) is 6.42 Å². The molecule has 0 atom stereocenters. The van der Waals surface area contributed by atoms with E-state index in [1.807, 2.05) is 60.1 Å². The molecule has 3 nitrogen and oxygen atoms in total. The van der Waals surface area contributed by atoms with Crippen LogP contribution >= 0.6 is 22.6 Å². The van der Waals surface area contributed by atoms with E-state index in [-0.39, 0.29) is 5.78 Å². The molecule has 100 valence electrons. The number of aryl methyl sites for hydroxylation is 1. The number of carbonyl (C=O) groups excluding carboxylic acids is 1. The molecule has 0 saturated carbocycles. The van der Waals surface area contributed by atoms with Crippen LogP contribution in [-0.4, -0.2) is 15.3 Å². The van der Waals surface area contributed by atoms with Gasteiger partial charge >= 0.3 is 0 Å². The Hall–Kier alpha value is -1.69. The van der Waals surface area contributed by atoms with Gasteiger partial charge in [0.2, 0.25) is 0 Å². The van der Waals surface area contributed by atoms with Crippen molar-refractivity contribution in [3.63, 3.8) is 0 Å². The molecule has 2 aromatic carbocycles. The van der Waals surface area contributed by atoms with E-state index in [1.54, 1.807) is 0 Å². The number of nitrogens with zero attached hydrogens (tertiary/aromatic N) is 2. The SMILES string of the molecule is Cn1c(CC(=O)c2cccc(I)c2)nc2ccccc21. The van der Waals surface area contributed by atoms with Crippen LogP contribution in [-0.2, 0) is 13.5 Å². The van der Waals surface area contributed by atoms with Crippen LogP contribution in [0.25, 0.3) is 11.0 Å². The lowest BCUT2D eigenvalue weighted by atomic mass is 10.1. The number of hydrogen-bond acceptors (Lipinski definition) is 2. The number of para-hydroxylation sites is 2. The summed E-state index contributed by atoms with van der Waals surface area (Å²) in [4.78, 5) is 16.9. The van der Waals surface area contributed by atoms with Crippen molar-refractivity contribution in [2.45, 2.75) is 6.42 Å². The Morgan fingerprint density at radius 2 is 2.00 bits per heavy atom. The first-order chi connectivity index (χ1) is 9.65. The lowest BCUT2D eigenvalue weighted by Crippen LogP contribution is -2.08. The lowest BCUT2D eigenvalue weighted by molar-refractivity contribution is 0.0990. The summed E-state index contributed by atoms with van der Waals surface area (Å²) in [7, 11) is 1.95. The second-order valence-electron chi connectivity index (χ2n) is 4.69. The van der Waals surface area contributed by atoms with E-state index in [2.05, 4.69) is 27.6 Å². The molecule has 0 aliphatic carbocycles. The summed E-state index contributed by atoms with van der Waals surface area (Å²) in [6.07, 6.45) is 0.325. The van der Waals surface area contributed by atoms with Gasteiger partial charge in [-0.1, -0.05) is 24.3 Å². The zero-order valence-corrected chi connectivity index (χ0v) is 13.2. The van der Waals surface area contributed by atoms with Crippen molar-refractivity contribution in [1.29, 1.82) is 0 Å². The fourth-order valence-corrected chi connectivity index (χ4v) is 2.80. The summed E-state index contributed by atoms with van der Waals surface area (Å²) < 4.78 is 3.06. The molecule has 0 bridgehead atoms. The fraction of sp³-hybridized carbons (Fsp3) is 0.125. The number of ketones is 1. The van der Waals surface area contributed by atoms with Crippen LogP contribution in [0.2, 0.25) is 0 Å². The van der Waals surface area contributed by atoms with Crippen LogP contribution in [0.5, 0.6) is 0 Å². The summed E-state index contributed by atoms with van der Waals surface area (Å²) >= 11 is 2.21. The van der Waals surface area contributed by atoms with E-state index in [9.17, 15) is 4.79 Å². The summed E-state index contributed by atoms with van der Waals surface area (Å²) in [5, 5.41) is 0. The number of rotatable bonds is 3. The second-order valence-corrected chi connectivity index (χ2v) is 5.93. The van der Waals surface area contributed by atoms with Crippen LogP contribution < -0.4 is 0 Å². The maximum atomic E-state index is 12.3. The summed E-state index contributed by atoms with van der Waals surface area (Å²) in [6, 6.07) is 15.6. The Labute approximate surface area is 130 Å². The topological polar surface area (TPSA) is 34.9 Å². The van der Waals surface area contributed by atoms with Crippen molar-refractivity contribution < 1.29 is 4.79 Å². The van der Waals surface area contributed by atoms with Crippen molar-refractivity contribution in [1.82, 2.24) is 9.55 Å². The Bertz CT molecular complexity index is 792. The molecule has 0 N–H and O–H groups in total. The van der Waals surface area contributed by atoms with Gasteiger partial charge < -0.3 is 4.57 Å². The minimum atomic E-state index is 0.0990. The van der Waals surface area contributed by atoms with Crippen LogP contribution in [0.4, 0.5) is 0 Å². The van der Waals surface area contributed by atoms with Gasteiger partial charge in [-0.25, -0.2) is 4.98 Å². The summed E-state index contributed by atoms with van der Waals surface area (Å²) in [6.45, 7) is 0. The maximum absolute atomic E-state index is 12.3. The third-order valence-corrected chi connectivity index (χ3v) is 4.02. The number of Topliss-reactive ketones (excluding diaryl/α,β-unsaturated/α-hetero) is 1. The summed E-state index contributed by atoms with van der Waals surface area (Å²) in [5.41, 5.74) is 2.72. The molecule has 20 heavy (non-hydrogen) atoms. The van der Waals surface area contributed by atoms with E-state index in [0.717, 1.165) is 26.0 Å². The van der Waals surface area contributed by atoms with E-state index < -0.39 is 0 Å². The van der Waals surface area contributed by atoms with Gasteiger partial charge in [0.05, 0.1) is 17.5 Å². The predicted octanol–water partition coefficient (Wildman–Crippen LogP) is 3.60. The Morgan fingerprint density at radius 3 is 2.75 bits per heavy atom. The predicted molar refractivity (Wildman–Crippen MR) is 87.9 cm³/mol. The number of benzene rings is 2. The molecule has 0 radical (unpaired) electrons. The molecule has 0 amide bonds. The maximum Gasteiger partial charge on any atom is 0.170 e. The first-order valence-corrected chi connectivity index (χ1v) is 7.42. The van der Waals surface area contributed by atoms with E-state index >= 15 is 0 Å². The van der Waals surface area contributed by atoms with Gasteiger partial charge in [-0.2, -0.15) is 0 Å². The van der Waals surface area contributed by atoms with E-state index in [1.165, 1.54) is 0 Å². The highest BCUT2D eigenvalue weighted by Crippen LogP contribution is 2.16. The van der Waals surface area contributed by atoms with Gasteiger partial charge in [-0.15, -0.1) is 0 Å². The number of fused-ring (bicyclic) bond motifs is 1. The molecule has 3 aromatic rings. The number of hydrogen-bond donors (Lipinski definition) is 0. The standard InChI is InChI=1S/C16H13IN2O/c1-19-14-8-3-2-7-13(14)18-16(19)10-15(20)11-5-4-6-12(17)9-11/h2-9H,10H2,1H3. The molecule has 3 rings (SSSR count). The van der Waals surface area contributed by atoms with Crippen molar-refractivity contribution in [2.24, 2.45) is 7.05 Å². The van der Waals surface area contributed by atoms with Gasteiger partial charge in [0.15, 0.2) is 5.78 Å². The van der Waals surface area contributed by atoms with Crippen molar-refractivity contribution in [3.8, 4) is 0 Å². The Morgan fingerprint density at radius 1 is 1.20 bits per heavy atom. The highest BCUT2D eigenvalue weighted by molar-refractivity contribution is 14.1. The molecule has 0 aliphatic rings. The number of imidazole rings is 1. The minimum Gasteiger partial charge on any atom is -0.331 e. The summed E-state index contributed by atoms with van der Waals surface area (Å²) in [5.74, 6) is 0.900. The molecule has 0 aliphatic heterocycles. The van der Waals surface area contributed by atoms with Crippen molar-refractivity contribution in [3.05, 3.63) is 63.5 Å². The van der Waals surface area contributed by atoms with E-state index in [4.69, 9.17) is 0 Å². The monoisotopic (exact) mass is 376 g/mol. The zero-order chi connectivity index (χ0) is 14.1. The number of carbonyl (C=O) groups is 1. The molecule has 0 spiro atoms. The van der Waals surface area contributed by atoms with Crippen molar-refractivity contribution >= 4 is 39.4 Å².